The molecule has 0 aliphatic carbocycles. The van der Waals surface area contributed by atoms with Gasteiger partial charge in [-0.25, -0.2) is 0 Å². The molecule has 1 aliphatic rings. The zero-order chi connectivity index (χ0) is 17.4. The highest BCUT2D eigenvalue weighted by atomic mass is 19.4. The lowest BCUT2D eigenvalue weighted by Gasteiger charge is -2.28. The molecule has 1 N–H and O–H groups in total. The molecule has 0 aromatic heterocycles. The molecule has 1 aromatic carbocycles. The van der Waals surface area contributed by atoms with Crippen molar-refractivity contribution >= 4 is 23.2 Å². The van der Waals surface area contributed by atoms with Crippen LogP contribution in [0.25, 0.3) is 0 Å². The van der Waals surface area contributed by atoms with Crippen molar-refractivity contribution in [3.8, 4) is 0 Å². The number of nitrogens with one attached hydrogen (secondary N) is 1. The first-order valence-electron chi connectivity index (χ1n) is 6.53. The third-order valence-corrected chi connectivity index (χ3v) is 3.48. The second-order valence-electron chi connectivity index (χ2n) is 5.04. The number of nitrogens with zero attached hydrogens (tertiary/aromatic N) is 2. The largest absolute Gasteiger partial charge is 0.471 e. The fraction of sp³-hybridized carbons (Fsp3) is 0.385. The SMILES string of the molecule is CC(=O)N1CCc2cc([N+](=O)[O-])c(NC(=O)C(F)(F)F)cc2C1. The van der Waals surface area contributed by atoms with Gasteiger partial charge in [0.1, 0.15) is 5.69 Å². The Morgan fingerprint density at radius 1 is 1.30 bits per heavy atom. The molecular formula is C13H12F3N3O4. The molecule has 1 heterocycles. The minimum Gasteiger partial charge on any atom is -0.338 e. The van der Waals surface area contributed by atoms with Crippen molar-refractivity contribution in [1.29, 1.82) is 0 Å². The second-order valence-corrected chi connectivity index (χ2v) is 5.04. The minimum atomic E-state index is -5.16. The molecule has 23 heavy (non-hydrogen) atoms. The van der Waals surface area contributed by atoms with E-state index in [2.05, 4.69) is 0 Å². The first kappa shape index (κ1) is 16.7. The Kier molecular flexibility index (Phi) is 4.26. The van der Waals surface area contributed by atoms with Crippen molar-refractivity contribution in [1.82, 2.24) is 4.90 Å². The summed E-state index contributed by atoms with van der Waals surface area (Å²) in [5, 5.41) is 12.5. The Balaban J connectivity index is 2.41. The normalized spacial score (nSPS) is 14.2. The topological polar surface area (TPSA) is 92.6 Å². The van der Waals surface area contributed by atoms with Gasteiger partial charge in [0, 0.05) is 26.1 Å². The van der Waals surface area contributed by atoms with Gasteiger partial charge in [0.05, 0.1) is 4.92 Å². The summed E-state index contributed by atoms with van der Waals surface area (Å²) in [7, 11) is 0. The molecule has 2 amide bonds. The average molecular weight is 331 g/mol. The molecule has 0 atom stereocenters. The Morgan fingerprint density at radius 3 is 2.48 bits per heavy atom. The van der Waals surface area contributed by atoms with E-state index in [1.54, 1.807) is 0 Å². The monoisotopic (exact) mass is 331 g/mol. The van der Waals surface area contributed by atoms with E-state index in [-0.39, 0.29) is 12.5 Å². The number of anilines is 1. The fourth-order valence-corrected chi connectivity index (χ4v) is 2.31. The molecule has 0 unspecified atom stereocenters. The summed E-state index contributed by atoms with van der Waals surface area (Å²) >= 11 is 0. The minimum absolute atomic E-state index is 0.123. The summed E-state index contributed by atoms with van der Waals surface area (Å²) in [6.07, 6.45) is -4.81. The summed E-state index contributed by atoms with van der Waals surface area (Å²) in [4.78, 5) is 34.0. The first-order chi connectivity index (χ1) is 10.6. The van der Waals surface area contributed by atoms with Gasteiger partial charge < -0.3 is 10.2 Å². The van der Waals surface area contributed by atoms with E-state index in [4.69, 9.17) is 0 Å². The average Bonchev–Trinajstić information content (AvgIpc) is 2.44. The van der Waals surface area contributed by atoms with E-state index >= 15 is 0 Å². The highest BCUT2D eigenvalue weighted by molar-refractivity contribution is 5.97. The van der Waals surface area contributed by atoms with Gasteiger partial charge in [-0.1, -0.05) is 0 Å². The first-order valence-corrected chi connectivity index (χ1v) is 6.53. The number of fused-ring (bicyclic) bond motifs is 1. The highest BCUT2D eigenvalue weighted by Gasteiger charge is 2.40. The van der Waals surface area contributed by atoms with Gasteiger partial charge in [0.2, 0.25) is 5.91 Å². The number of rotatable bonds is 2. The highest BCUT2D eigenvalue weighted by Crippen LogP contribution is 2.32. The van der Waals surface area contributed by atoms with Crippen LogP contribution in [0.1, 0.15) is 18.1 Å². The van der Waals surface area contributed by atoms with E-state index in [0.717, 1.165) is 12.1 Å². The van der Waals surface area contributed by atoms with Crippen LogP contribution in [0, 0.1) is 10.1 Å². The van der Waals surface area contributed by atoms with E-state index < -0.39 is 28.4 Å². The third-order valence-electron chi connectivity index (χ3n) is 3.48. The van der Waals surface area contributed by atoms with Crippen LogP contribution in [0.15, 0.2) is 12.1 Å². The lowest BCUT2D eigenvalue weighted by atomic mass is 9.98. The lowest BCUT2D eigenvalue weighted by molar-refractivity contribution is -0.384. The maximum absolute atomic E-state index is 12.3. The van der Waals surface area contributed by atoms with E-state index in [9.17, 15) is 32.9 Å². The van der Waals surface area contributed by atoms with Gasteiger partial charge in [0.15, 0.2) is 0 Å². The maximum Gasteiger partial charge on any atom is 0.471 e. The van der Waals surface area contributed by atoms with Crippen molar-refractivity contribution in [3.05, 3.63) is 33.4 Å². The standard InChI is InChI=1S/C13H12F3N3O4/c1-7(20)18-3-2-8-5-11(19(22)23)10(4-9(8)6-18)17-12(21)13(14,15)16/h4-5H,2-3,6H2,1H3,(H,17,21). The Labute approximate surface area is 128 Å². The van der Waals surface area contributed by atoms with Crippen LogP contribution in [0.5, 0.6) is 0 Å². The Bertz CT molecular complexity index is 688. The maximum atomic E-state index is 12.3. The lowest BCUT2D eigenvalue weighted by Crippen LogP contribution is -2.34. The summed E-state index contributed by atoms with van der Waals surface area (Å²) in [5.41, 5.74) is -0.118. The number of halogens is 3. The van der Waals surface area contributed by atoms with Crippen molar-refractivity contribution in [2.75, 3.05) is 11.9 Å². The number of carbonyl (C=O) groups is 2. The van der Waals surface area contributed by atoms with E-state index in [1.165, 1.54) is 17.1 Å². The summed E-state index contributed by atoms with van der Waals surface area (Å²) in [5.74, 6) is -2.50. The zero-order valence-corrected chi connectivity index (χ0v) is 11.9. The van der Waals surface area contributed by atoms with Crippen molar-refractivity contribution in [2.24, 2.45) is 0 Å². The van der Waals surface area contributed by atoms with Gasteiger partial charge in [-0.05, 0) is 23.6 Å². The molecule has 7 nitrogen and oxygen atoms in total. The molecule has 124 valence electrons. The van der Waals surface area contributed by atoms with Gasteiger partial charge in [-0.3, -0.25) is 19.7 Å². The molecule has 1 aromatic rings. The summed E-state index contributed by atoms with van der Waals surface area (Å²) in [6, 6.07) is 2.25. The molecule has 0 bridgehead atoms. The van der Waals surface area contributed by atoms with Crippen LogP contribution in [0.3, 0.4) is 0 Å². The van der Waals surface area contributed by atoms with Crippen LogP contribution in [0.4, 0.5) is 24.5 Å². The number of nitro groups is 1. The number of hydrogen-bond donors (Lipinski definition) is 1. The van der Waals surface area contributed by atoms with Gasteiger partial charge in [0.25, 0.3) is 5.69 Å². The van der Waals surface area contributed by atoms with Crippen LogP contribution in [0.2, 0.25) is 0 Å². The molecule has 1 aliphatic heterocycles. The fourth-order valence-electron chi connectivity index (χ4n) is 2.31. The van der Waals surface area contributed by atoms with Gasteiger partial charge >= 0.3 is 12.1 Å². The van der Waals surface area contributed by atoms with Crippen molar-refractivity contribution in [3.63, 3.8) is 0 Å². The number of nitro benzene ring substituents is 1. The third kappa shape index (κ3) is 3.58. The summed E-state index contributed by atoms with van der Waals surface area (Å²) in [6.45, 7) is 1.84. The van der Waals surface area contributed by atoms with Gasteiger partial charge in [-0.15, -0.1) is 0 Å². The van der Waals surface area contributed by atoms with E-state index in [0.29, 0.717) is 24.1 Å². The van der Waals surface area contributed by atoms with Gasteiger partial charge in [-0.2, -0.15) is 13.2 Å². The zero-order valence-electron chi connectivity index (χ0n) is 11.9. The second kappa shape index (κ2) is 5.86. The molecule has 10 heteroatoms. The van der Waals surface area contributed by atoms with E-state index in [1.807, 2.05) is 0 Å². The molecule has 0 saturated carbocycles. The van der Waals surface area contributed by atoms with Crippen LogP contribution >= 0.6 is 0 Å². The predicted octanol–water partition coefficient (Wildman–Crippen LogP) is 2.00. The van der Waals surface area contributed by atoms with Crippen LogP contribution in [-0.2, 0) is 22.6 Å². The molecular weight excluding hydrogens is 319 g/mol. The molecule has 0 saturated heterocycles. The number of amides is 2. The Hall–Kier alpha value is -2.65. The number of alkyl halides is 3. The summed E-state index contributed by atoms with van der Waals surface area (Å²) < 4.78 is 37.0. The number of hydrogen-bond acceptors (Lipinski definition) is 4. The molecule has 0 radical (unpaired) electrons. The van der Waals surface area contributed by atoms with Crippen molar-refractivity contribution in [2.45, 2.75) is 26.1 Å². The molecule has 2 rings (SSSR count). The van der Waals surface area contributed by atoms with Crippen LogP contribution < -0.4 is 5.32 Å². The Morgan fingerprint density at radius 2 is 1.96 bits per heavy atom. The molecule has 0 fully saturated rings. The van der Waals surface area contributed by atoms with Crippen molar-refractivity contribution < 1.29 is 27.7 Å². The quantitative estimate of drug-likeness (QED) is 0.663. The predicted molar refractivity (Wildman–Crippen MR) is 72.6 cm³/mol. The van der Waals surface area contributed by atoms with Crippen LogP contribution in [-0.4, -0.2) is 34.4 Å². The molecule has 0 spiro atoms. The number of carbonyl (C=O) groups excluding carboxylic acids is 2. The number of benzene rings is 1. The smallest absolute Gasteiger partial charge is 0.338 e.